The summed E-state index contributed by atoms with van der Waals surface area (Å²) in [5.74, 6) is -0.361. The Balaban J connectivity index is 2.62. The molecule has 7 nitrogen and oxygen atoms in total. The highest BCUT2D eigenvalue weighted by molar-refractivity contribution is 5.72. The zero-order valence-electron chi connectivity index (χ0n) is 8.33. The van der Waals surface area contributed by atoms with Crippen LogP contribution in [0.2, 0.25) is 0 Å². The van der Waals surface area contributed by atoms with E-state index in [1.165, 1.54) is 24.3 Å². The van der Waals surface area contributed by atoms with Gasteiger partial charge in [0.15, 0.2) is 0 Å². The number of non-ortho nitro benzene ring substituents is 1. The Morgan fingerprint density at radius 1 is 1.38 bits per heavy atom. The quantitative estimate of drug-likeness (QED) is 0.247. The fourth-order valence-electron chi connectivity index (χ4n) is 1.00. The first kappa shape index (κ1) is 12.1. The van der Waals surface area contributed by atoms with Gasteiger partial charge in [0, 0.05) is 12.1 Å². The van der Waals surface area contributed by atoms with Gasteiger partial charge < -0.3 is 16.2 Å². The van der Waals surface area contributed by atoms with Crippen molar-refractivity contribution in [2.24, 2.45) is 11.5 Å². The van der Waals surface area contributed by atoms with E-state index in [0.29, 0.717) is 0 Å². The van der Waals surface area contributed by atoms with Crippen molar-refractivity contribution < 1.29 is 14.5 Å². The van der Waals surface area contributed by atoms with Gasteiger partial charge in [-0.1, -0.05) is 0 Å². The number of carbonyl (C=O) groups is 1. The molecule has 7 heteroatoms. The van der Waals surface area contributed by atoms with E-state index in [-0.39, 0.29) is 17.9 Å². The van der Waals surface area contributed by atoms with Crippen molar-refractivity contribution in [2.75, 3.05) is 0 Å². The molecule has 0 saturated carbocycles. The Kier molecular flexibility index (Phi) is 3.92. The third kappa shape index (κ3) is 3.64. The van der Waals surface area contributed by atoms with Gasteiger partial charge in [-0.2, -0.15) is 0 Å². The van der Waals surface area contributed by atoms with Crippen LogP contribution in [0.4, 0.5) is 5.69 Å². The van der Waals surface area contributed by atoms with E-state index in [1.807, 2.05) is 0 Å². The second-order valence-corrected chi connectivity index (χ2v) is 3.09. The Labute approximate surface area is 91.1 Å². The van der Waals surface area contributed by atoms with Crippen molar-refractivity contribution >= 4 is 11.7 Å². The van der Waals surface area contributed by atoms with E-state index in [0.717, 1.165) is 0 Å². The van der Waals surface area contributed by atoms with Gasteiger partial charge in [-0.05, 0) is 12.1 Å². The molecular formula is C9H11N3O4. The molecule has 0 spiro atoms. The van der Waals surface area contributed by atoms with E-state index >= 15 is 0 Å². The van der Waals surface area contributed by atoms with Gasteiger partial charge >= 0.3 is 5.97 Å². The summed E-state index contributed by atoms with van der Waals surface area (Å²) < 4.78 is 4.84. The fourth-order valence-corrected chi connectivity index (χ4v) is 1.00. The summed E-state index contributed by atoms with van der Waals surface area (Å²) in [5.41, 5.74) is 10.3. The average Bonchev–Trinajstić information content (AvgIpc) is 2.16. The number of carbonyl (C=O) groups excluding carboxylic acids is 1. The van der Waals surface area contributed by atoms with Crippen LogP contribution in [-0.4, -0.2) is 17.1 Å². The molecule has 86 valence electrons. The summed E-state index contributed by atoms with van der Waals surface area (Å²) in [5, 5.41) is 10.3. The van der Waals surface area contributed by atoms with Gasteiger partial charge in [-0.3, -0.25) is 14.9 Å². The number of rotatable bonds is 4. The molecule has 0 aromatic heterocycles. The highest BCUT2D eigenvalue weighted by atomic mass is 16.6. The summed E-state index contributed by atoms with van der Waals surface area (Å²) in [7, 11) is 0. The zero-order chi connectivity index (χ0) is 12.1. The predicted molar refractivity (Wildman–Crippen MR) is 55.5 cm³/mol. The average molecular weight is 225 g/mol. The van der Waals surface area contributed by atoms with Gasteiger partial charge in [0.2, 0.25) is 0 Å². The van der Waals surface area contributed by atoms with Crippen LogP contribution in [-0.2, 0) is 4.79 Å². The number of hydrogen-bond acceptors (Lipinski definition) is 6. The highest BCUT2D eigenvalue weighted by Crippen LogP contribution is 2.17. The number of ether oxygens (including phenoxy) is 1. The summed E-state index contributed by atoms with van der Waals surface area (Å²) in [6, 6.07) is 5.14. The maximum absolute atomic E-state index is 11.1. The minimum absolute atomic E-state index is 0.0738. The largest absolute Gasteiger partial charge is 0.426 e. The number of hydrogen-bond donors (Lipinski definition) is 2. The lowest BCUT2D eigenvalue weighted by Crippen LogP contribution is -2.34. The maximum Gasteiger partial charge on any atom is 0.314 e. The van der Waals surface area contributed by atoms with Gasteiger partial charge in [0.05, 0.1) is 17.5 Å². The molecule has 4 N–H and O–H groups in total. The van der Waals surface area contributed by atoms with Crippen LogP contribution in [0.15, 0.2) is 24.3 Å². The van der Waals surface area contributed by atoms with Crippen LogP contribution < -0.4 is 16.2 Å². The maximum atomic E-state index is 11.1. The van der Waals surface area contributed by atoms with Crippen molar-refractivity contribution in [1.82, 2.24) is 0 Å². The molecule has 0 saturated heterocycles. The molecule has 0 aliphatic carbocycles. The van der Waals surface area contributed by atoms with Crippen LogP contribution in [0.5, 0.6) is 5.75 Å². The minimum Gasteiger partial charge on any atom is -0.426 e. The van der Waals surface area contributed by atoms with Crippen molar-refractivity contribution in [3.8, 4) is 5.75 Å². The molecule has 0 atom stereocenters. The van der Waals surface area contributed by atoms with Crippen molar-refractivity contribution in [2.45, 2.75) is 12.6 Å². The molecule has 0 amide bonds. The second-order valence-electron chi connectivity index (χ2n) is 3.09. The molecule has 0 heterocycles. The molecular weight excluding hydrogens is 214 g/mol. The lowest BCUT2D eigenvalue weighted by atomic mass is 10.3. The number of nitro benzene ring substituents is 1. The topological polar surface area (TPSA) is 121 Å². The first-order chi connectivity index (χ1) is 7.49. The summed E-state index contributed by atoms with van der Waals surface area (Å²) in [4.78, 5) is 20.9. The van der Waals surface area contributed by atoms with E-state index in [9.17, 15) is 14.9 Å². The molecule has 0 fully saturated rings. The van der Waals surface area contributed by atoms with Gasteiger partial charge in [0.1, 0.15) is 5.75 Å². The summed E-state index contributed by atoms with van der Waals surface area (Å²) in [6.07, 6.45) is -0.887. The van der Waals surface area contributed by atoms with Crippen LogP contribution in [0.1, 0.15) is 6.42 Å². The predicted octanol–water partition coefficient (Wildman–Crippen LogP) is 0.134. The highest BCUT2D eigenvalue weighted by Gasteiger charge is 2.09. The van der Waals surface area contributed by atoms with E-state index in [2.05, 4.69) is 0 Å². The molecule has 0 bridgehead atoms. The lowest BCUT2D eigenvalue weighted by molar-refractivity contribution is -0.384. The number of esters is 1. The Morgan fingerprint density at radius 3 is 2.38 bits per heavy atom. The molecule has 1 aromatic carbocycles. The third-order valence-electron chi connectivity index (χ3n) is 1.68. The number of nitro groups is 1. The first-order valence-electron chi connectivity index (χ1n) is 4.45. The van der Waals surface area contributed by atoms with E-state index in [4.69, 9.17) is 16.2 Å². The molecule has 0 aliphatic rings. The molecule has 16 heavy (non-hydrogen) atoms. The molecule has 0 radical (unpaired) electrons. The summed E-state index contributed by atoms with van der Waals surface area (Å²) in [6.45, 7) is 0. The number of nitrogens with zero attached hydrogens (tertiary/aromatic N) is 1. The van der Waals surface area contributed by atoms with Gasteiger partial charge in [0.25, 0.3) is 5.69 Å². The molecule has 0 unspecified atom stereocenters. The number of benzene rings is 1. The van der Waals surface area contributed by atoms with Crippen LogP contribution >= 0.6 is 0 Å². The van der Waals surface area contributed by atoms with Crippen LogP contribution in [0, 0.1) is 10.1 Å². The van der Waals surface area contributed by atoms with Crippen LogP contribution in [0.3, 0.4) is 0 Å². The molecule has 1 aromatic rings. The fraction of sp³-hybridized carbons (Fsp3) is 0.222. The molecule has 1 rings (SSSR count). The van der Waals surface area contributed by atoms with Crippen molar-refractivity contribution in [3.05, 3.63) is 34.4 Å². The van der Waals surface area contributed by atoms with Gasteiger partial charge in [-0.15, -0.1) is 0 Å². The third-order valence-corrected chi connectivity index (χ3v) is 1.68. The van der Waals surface area contributed by atoms with Crippen molar-refractivity contribution in [1.29, 1.82) is 0 Å². The van der Waals surface area contributed by atoms with Gasteiger partial charge in [-0.25, -0.2) is 0 Å². The standard InChI is InChI=1S/C9H11N3O4/c10-8(11)5-9(13)16-7-3-1-6(2-4-7)12(14)15/h1-4,8H,5,10-11H2. The number of nitrogens with two attached hydrogens (primary N) is 2. The Bertz CT molecular complexity index is 388. The smallest absolute Gasteiger partial charge is 0.314 e. The first-order valence-corrected chi connectivity index (χ1v) is 4.45. The second kappa shape index (κ2) is 5.19. The Hall–Kier alpha value is -1.99. The van der Waals surface area contributed by atoms with E-state index < -0.39 is 17.1 Å². The van der Waals surface area contributed by atoms with E-state index in [1.54, 1.807) is 0 Å². The summed E-state index contributed by atoms with van der Waals surface area (Å²) >= 11 is 0. The monoisotopic (exact) mass is 225 g/mol. The normalized spacial score (nSPS) is 10.2. The molecule has 0 aliphatic heterocycles. The zero-order valence-corrected chi connectivity index (χ0v) is 8.33. The van der Waals surface area contributed by atoms with Crippen molar-refractivity contribution in [3.63, 3.8) is 0 Å². The van der Waals surface area contributed by atoms with Crippen LogP contribution in [0.25, 0.3) is 0 Å². The Morgan fingerprint density at radius 2 is 1.94 bits per heavy atom. The lowest BCUT2D eigenvalue weighted by Gasteiger charge is -2.05. The minimum atomic E-state index is -0.773. The SMILES string of the molecule is NC(N)CC(=O)Oc1ccc([N+](=O)[O-])cc1.